The van der Waals surface area contributed by atoms with Crippen molar-refractivity contribution in [1.82, 2.24) is 15.5 Å². The number of ether oxygens (including phenoxy) is 1. The van der Waals surface area contributed by atoms with Crippen LogP contribution in [0.3, 0.4) is 0 Å². The van der Waals surface area contributed by atoms with Crippen LogP contribution in [-0.4, -0.2) is 75.1 Å². The number of aliphatic hydroxyl groups is 1. The molecule has 0 aromatic rings. The Labute approximate surface area is 171 Å². The number of unbranched alkanes of at least 4 members (excludes halogenated alkanes) is 1. The van der Waals surface area contributed by atoms with Gasteiger partial charge in [-0.3, -0.25) is 4.99 Å². The molecule has 6 nitrogen and oxygen atoms in total. The van der Waals surface area contributed by atoms with E-state index in [0.717, 1.165) is 58.0 Å². The maximum Gasteiger partial charge on any atom is 0.191 e. The van der Waals surface area contributed by atoms with Gasteiger partial charge in [-0.1, -0.05) is 13.8 Å². The third kappa shape index (κ3) is 9.96. The Balaban J connectivity index is 0.00000576. The van der Waals surface area contributed by atoms with Crippen LogP contribution >= 0.6 is 24.0 Å². The molecule has 0 aromatic carbocycles. The van der Waals surface area contributed by atoms with Gasteiger partial charge in [-0.15, -0.1) is 24.0 Å². The fourth-order valence-electron chi connectivity index (χ4n) is 3.08. The topological polar surface area (TPSA) is 69.1 Å². The Morgan fingerprint density at radius 1 is 1.20 bits per heavy atom. The molecule has 0 aromatic heterocycles. The fraction of sp³-hybridized carbons (Fsp3) is 0.944. The van der Waals surface area contributed by atoms with Gasteiger partial charge in [0.2, 0.25) is 0 Å². The molecule has 1 fully saturated rings. The Kier molecular flexibility index (Phi) is 14.9. The molecule has 1 aliphatic heterocycles. The first-order valence-electron chi connectivity index (χ1n) is 9.62. The number of rotatable bonds is 12. The van der Waals surface area contributed by atoms with Crippen LogP contribution in [-0.2, 0) is 4.74 Å². The zero-order chi connectivity index (χ0) is 17.7. The normalized spacial score (nSPS) is 20.6. The van der Waals surface area contributed by atoms with E-state index in [2.05, 4.69) is 36.3 Å². The molecular weight excluding hydrogens is 431 g/mol. The standard InChI is InChI=1S/C18H38N4O2.HI/c1-4-19-17(20-11-7-8-12-22(5-2)6-3)21-15-18(9-13-23)10-14-24-16-18;/h23H,4-16H2,1-3H3,(H2,19,20,21);1H. The van der Waals surface area contributed by atoms with E-state index in [1.165, 1.54) is 13.0 Å². The zero-order valence-corrected chi connectivity index (χ0v) is 18.7. The number of nitrogens with zero attached hydrogens (tertiary/aromatic N) is 2. The van der Waals surface area contributed by atoms with Crippen molar-refractivity contribution in [1.29, 1.82) is 0 Å². The second-order valence-corrected chi connectivity index (χ2v) is 6.63. The quantitative estimate of drug-likeness (QED) is 0.176. The third-order valence-corrected chi connectivity index (χ3v) is 4.83. The first-order chi connectivity index (χ1) is 11.7. The molecule has 1 aliphatic rings. The number of guanidine groups is 1. The van der Waals surface area contributed by atoms with E-state index in [9.17, 15) is 5.11 Å². The number of aliphatic imine (C=N–C) groups is 1. The van der Waals surface area contributed by atoms with Crippen molar-refractivity contribution in [2.75, 3.05) is 59.1 Å². The minimum atomic E-state index is 0. The number of nitrogens with one attached hydrogen (secondary N) is 2. The molecule has 7 heteroatoms. The molecule has 1 atom stereocenters. The van der Waals surface area contributed by atoms with Crippen LogP contribution < -0.4 is 10.6 Å². The van der Waals surface area contributed by atoms with Crippen molar-refractivity contribution in [3.63, 3.8) is 0 Å². The van der Waals surface area contributed by atoms with Crippen molar-refractivity contribution < 1.29 is 9.84 Å². The van der Waals surface area contributed by atoms with Crippen LogP contribution in [0.2, 0.25) is 0 Å². The van der Waals surface area contributed by atoms with E-state index in [1.807, 2.05) is 0 Å². The lowest BCUT2D eigenvalue weighted by Gasteiger charge is -2.25. The smallest absolute Gasteiger partial charge is 0.191 e. The van der Waals surface area contributed by atoms with E-state index in [-0.39, 0.29) is 36.0 Å². The molecule has 0 aliphatic carbocycles. The molecule has 1 rings (SSSR count). The van der Waals surface area contributed by atoms with Gasteiger partial charge < -0.3 is 25.4 Å². The Bertz CT molecular complexity index is 346. The molecule has 0 amide bonds. The first kappa shape index (κ1) is 24.9. The van der Waals surface area contributed by atoms with Crippen LogP contribution in [0.5, 0.6) is 0 Å². The van der Waals surface area contributed by atoms with Gasteiger partial charge in [0.1, 0.15) is 0 Å². The number of aliphatic hydroxyl groups excluding tert-OH is 1. The predicted molar refractivity (Wildman–Crippen MR) is 116 cm³/mol. The molecule has 150 valence electrons. The summed E-state index contributed by atoms with van der Waals surface area (Å²) in [5, 5.41) is 16.1. The molecule has 3 N–H and O–H groups in total. The largest absolute Gasteiger partial charge is 0.396 e. The van der Waals surface area contributed by atoms with Crippen molar-refractivity contribution in [2.24, 2.45) is 10.4 Å². The van der Waals surface area contributed by atoms with E-state index in [4.69, 9.17) is 9.73 Å². The summed E-state index contributed by atoms with van der Waals surface area (Å²) in [6, 6.07) is 0. The summed E-state index contributed by atoms with van der Waals surface area (Å²) < 4.78 is 5.54. The average Bonchev–Trinajstić information content (AvgIpc) is 3.05. The summed E-state index contributed by atoms with van der Waals surface area (Å²) in [6.45, 7) is 14.1. The van der Waals surface area contributed by atoms with Crippen LogP contribution in [0.1, 0.15) is 46.5 Å². The van der Waals surface area contributed by atoms with Crippen LogP contribution in [0, 0.1) is 5.41 Å². The van der Waals surface area contributed by atoms with Gasteiger partial charge in [-0.25, -0.2) is 0 Å². The molecular formula is C18H39IN4O2. The minimum absolute atomic E-state index is 0. The highest BCUT2D eigenvalue weighted by molar-refractivity contribution is 14.0. The highest BCUT2D eigenvalue weighted by Crippen LogP contribution is 2.32. The lowest BCUT2D eigenvalue weighted by atomic mass is 9.84. The SMILES string of the molecule is CCNC(=NCC1(CCO)CCOC1)NCCCCN(CC)CC.I. The second kappa shape index (κ2) is 15.0. The number of hydrogen-bond donors (Lipinski definition) is 3. The van der Waals surface area contributed by atoms with Crippen molar-refractivity contribution >= 4 is 29.9 Å². The minimum Gasteiger partial charge on any atom is -0.396 e. The second-order valence-electron chi connectivity index (χ2n) is 6.63. The summed E-state index contributed by atoms with van der Waals surface area (Å²) in [4.78, 5) is 7.20. The molecule has 1 saturated heterocycles. The average molecular weight is 470 g/mol. The van der Waals surface area contributed by atoms with E-state index in [0.29, 0.717) is 13.2 Å². The predicted octanol–water partition coefficient (Wildman–Crippen LogP) is 2.07. The lowest BCUT2D eigenvalue weighted by Crippen LogP contribution is -2.39. The monoisotopic (exact) mass is 470 g/mol. The molecule has 1 heterocycles. The molecule has 0 spiro atoms. The zero-order valence-electron chi connectivity index (χ0n) is 16.4. The molecule has 25 heavy (non-hydrogen) atoms. The first-order valence-corrected chi connectivity index (χ1v) is 9.62. The van der Waals surface area contributed by atoms with Gasteiger partial charge >= 0.3 is 0 Å². The summed E-state index contributed by atoms with van der Waals surface area (Å²) in [5.74, 6) is 0.879. The molecule has 1 unspecified atom stereocenters. The summed E-state index contributed by atoms with van der Waals surface area (Å²) in [5.41, 5.74) is 0.0137. The van der Waals surface area contributed by atoms with Crippen LogP contribution in [0.4, 0.5) is 0 Å². The Morgan fingerprint density at radius 2 is 1.96 bits per heavy atom. The summed E-state index contributed by atoms with van der Waals surface area (Å²) in [7, 11) is 0. The van der Waals surface area contributed by atoms with E-state index in [1.54, 1.807) is 0 Å². The number of halogens is 1. The molecule has 0 bridgehead atoms. The van der Waals surface area contributed by atoms with Crippen molar-refractivity contribution in [2.45, 2.75) is 46.5 Å². The maximum absolute atomic E-state index is 9.31. The Morgan fingerprint density at radius 3 is 2.52 bits per heavy atom. The highest BCUT2D eigenvalue weighted by Gasteiger charge is 2.34. The third-order valence-electron chi connectivity index (χ3n) is 4.83. The van der Waals surface area contributed by atoms with Gasteiger partial charge in [0.15, 0.2) is 5.96 Å². The summed E-state index contributed by atoms with van der Waals surface area (Å²) in [6.07, 6.45) is 4.10. The van der Waals surface area contributed by atoms with Crippen molar-refractivity contribution in [3.8, 4) is 0 Å². The van der Waals surface area contributed by atoms with Gasteiger partial charge in [-0.2, -0.15) is 0 Å². The molecule has 0 radical (unpaired) electrons. The number of hydrogen-bond acceptors (Lipinski definition) is 4. The van der Waals surface area contributed by atoms with Gasteiger partial charge in [0.25, 0.3) is 0 Å². The summed E-state index contributed by atoms with van der Waals surface area (Å²) >= 11 is 0. The van der Waals surface area contributed by atoms with Crippen LogP contribution in [0.15, 0.2) is 4.99 Å². The van der Waals surface area contributed by atoms with Gasteiger partial charge in [0.05, 0.1) is 13.2 Å². The van der Waals surface area contributed by atoms with Gasteiger partial charge in [-0.05, 0) is 52.2 Å². The lowest BCUT2D eigenvalue weighted by molar-refractivity contribution is 0.131. The van der Waals surface area contributed by atoms with E-state index >= 15 is 0 Å². The Hall–Kier alpha value is -0.120. The van der Waals surface area contributed by atoms with Gasteiger partial charge in [0, 0.05) is 31.7 Å². The highest BCUT2D eigenvalue weighted by atomic mass is 127. The maximum atomic E-state index is 9.31. The molecule has 0 saturated carbocycles. The van der Waals surface area contributed by atoms with Crippen molar-refractivity contribution in [3.05, 3.63) is 0 Å². The van der Waals surface area contributed by atoms with Crippen LogP contribution in [0.25, 0.3) is 0 Å². The fourth-order valence-corrected chi connectivity index (χ4v) is 3.08. The van der Waals surface area contributed by atoms with E-state index < -0.39 is 0 Å².